The van der Waals surface area contributed by atoms with Crippen LogP contribution in [-0.2, 0) is 19.1 Å². The predicted octanol–water partition coefficient (Wildman–Crippen LogP) is 6.18. The van der Waals surface area contributed by atoms with E-state index in [2.05, 4.69) is 13.2 Å². The number of carbonyl (C=O) groups excluding carboxylic acids is 4. The molecular formula is C34H32F2O10. The molecule has 0 unspecified atom stereocenters. The molecule has 12 heteroatoms. The van der Waals surface area contributed by atoms with E-state index in [9.17, 15) is 28.0 Å². The van der Waals surface area contributed by atoms with Crippen molar-refractivity contribution >= 4 is 23.9 Å². The Bertz CT molecular complexity index is 1460. The quantitative estimate of drug-likeness (QED) is 0.0778. The maximum atomic E-state index is 14.7. The molecule has 0 aromatic heterocycles. The second kappa shape index (κ2) is 17.1. The SMILES string of the molecule is C=C(C)C(=O)OCCCOc1ccc(C(=O)Oc2ccc(OC(=O)c3ccc(OCCCOC(=O)C(=C)C)cc3)c(F)c2F)cc1. The molecule has 0 heterocycles. The van der Waals surface area contributed by atoms with Crippen LogP contribution in [0.25, 0.3) is 0 Å². The van der Waals surface area contributed by atoms with Gasteiger partial charge in [0.25, 0.3) is 0 Å². The van der Waals surface area contributed by atoms with Gasteiger partial charge < -0.3 is 28.4 Å². The third kappa shape index (κ3) is 10.6. The molecule has 0 aliphatic rings. The van der Waals surface area contributed by atoms with Crippen molar-refractivity contribution < 1.29 is 56.4 Å². The lowest BCUT2D eigenvalue weighted by Crippen LogP contribution is -2.13. The van der Waals surface area contributed by atoms with Crippen LogP contribution in [0.3, 0.4) is 0 Å². The fourth-order valence-corrected chi connectivity index (χ4v) is 3.44. The Balaban J connectivity index is 1.48. The van der Waals surface area contributed by atoms with Crippen LogP contribution in [-0.4, -0.2) is 50.3 Å². The average Bonchev–Trinajstić information content (AvgIpc) is 3.04. The van der Waals surface area contributed by atoms with Gasteiger partial charge in [0.15, 0.2) is 11.5 Å². The molecule has 0 aliphatic carbocycles. The van der Waals surface area contributed by atoms with E-state index in [-0.39, 0.29) is 37.6 Å². The minimum absolute atomic E-state index is 0.0386. The van der Waals surface area contributed by atoms with Gasteiger partial charge in [-0.25, -0.2) is 19.2 Å². The molecule has 3 rings (SSSR count). The van der Waals surface area contributed by atoms with Crippen LogP contribution in [0.2, 0.25) is 0 Å². The van der Waals surface area contributed by atoms with Gasteiger partial charge in [-0.3, -0.25) is 0 Å². The molecule has 10 nitrogen and oxygen atoms in total. The van der Waals surface area contributed by atoms with Crippen LogP contribution in [0.15, 0.2) is 85.0 Å². The molecule has 0 N–H and O–H groups in total. The molecule has 0 atom stereocenters. The Labute approximate surface area is 264 Å². The van der Waals surface area contributed by atoms with Crippen molar-refractivity contribution in [1.29, 1.82) is 0 Å². The van der Waals surface area contributed by atoms with E-state index < -0.39 is 47.0 Å². The van der Waals surface area contributed by atoms with Gasteiger partial charge in [0.1, 0.15) is 11.5 Å². The lowest BCUT2D eigenvalue weighted by atomic mass is 10.2. The largest absolute Gasteiger partial charge is 0.493 e. The van der Waals surface area contributed by atoms with Crippen molar-refractivity contribution in [3.8, 4) is 23.0 Å². The van der Waals surface area contributed by atoms with Crippen LogP contribution in [0, 0.1) is 11.6 Å². The first-order valence-corrected chi connectivity index (χ1v) is 14.0. The summed E-state index contributed by atoms with van der Waals surface area (Å²) in [7, 11) is 0. The summed E-state index contributed by atoms with van der Waals surface area (Å²) in [6.07, 6.45) is 0.860. The zero-order valence-electron chi connectivity index (χ0n) is 25.3. The van der Waals surface area contributed by atoms with Gasteiger partial charge in [-0.1, -0.05) is 13.2 Å². The highest BCUT2D eigenvalue weighted by atomic mass is 19.2. The molecule has 0 radical (unpaired) electrons. The van der Waals surface area contributed by atoms with Gasteiger partial charge in [-0.2, -0.15) is 8.78 Å². The van der Waals surface area contributed by atoms with Crippen LogP contribution < -0.4 is 18.9 Å². The average molecular weight is 639 g/mol. The highest BCUT2D eigenvalue weighted by Gasteiger charge is 2.21. The van der Waals surface area contributed by atoms with Crippen molar-refractivity contribution in [3.63, 3.8) is 0 Å². The molecule has 3 aromatic rings. The lowest BCUT2D eigenvalue weighted by Gasteiger charge is -2.11. The summed E-state index contributed by atoms with van der Waals surface area (Å²) >= 11 is 0. The molecule has 0 amide bonds. The first-order chi connectivity index (χ1) is 22.0. The zero-order valence-corrected chi connectivity index (χ0v) is 25.3. The smallest absolute Gasteiger partial charge is 0.343 e. The van der Waals surface area contributed by atoms with Crippen LogP contribution >= 0.6 is 0 Å². The first kappa shape index (κ1) is 35.0. The van der Waals surface area contributed by atoms with Gasteiger partial charge in [0, 0.05) is 24.0 Å². The monoisotopic (exact) mass is 638 g/mol. The van der Waals surface area contributed by atoms with Crippen molar-refractivity contribution in [2.24, 2.45) is 0 Å². The number of hydrogen-bond acceptors (Lipinski definition) is 10. The third-order valence-electron chi connectivity index (χ3n) is 5.87. The second-order valence-electron chi connectivity index (χ2n) is 9.75. The Kier molecular flexibility index (Phi) is 13.0. The third-order valence-corrected chi connectivity index (χ3v) is 5.87. The summed E-state index contributed by atoms with van der Waals surface area (Å²) in [5.74, 6) is -6.51. The van der Waals surface area contributed by atoms with Gasteiger partial charge in [-0.05, 0) is 74.5 Å². The van der Waals surface area contributed by atoms with Crippen molar-refractivity contribution in [3.05, 3.63) is 108 Å². The molecule has 3 aromatic carbocycles. The molecular weight excluding hydrogens is 606 g/mol. The summed E-state index contributed by atoms with van der Waals surface area (Å²) in [4.78, 5) is 47.7. The first-order valence-electron chi connectivity index (χ1n) is 14.0. The van der Waals surface area contributed by atoms with Crippen molar-refractivity contribution in [2.75, 3.05) is 26.4 Å². The summed E-state index contributed by atoms with van der Waals surface area (Å²) in [6.45, 7) is 10.9. The molecule has 0 spiro atoms. The Morgan fingerprint density at radius 1 is 0.565 bits per heavy atom. The van der Waals surface area contributed by atoms with Gasteiger partial charge in [-0.15, -0.1) is 0 Å². The van der Waals surface area contributed by atoms with Gasteiger partial charge in [0.2, 0.25) is 11.6 Å². The predicted molar refractivity (Wildman–Crippen MR) is 161 cm³/mol. The normalized spacial score (nSPS) is 10.3. The fourth-order valence-electron chi connectivity index (χ4n) is 3.44. The fraction of sp³-hybridized carbons (Fsp3) is 0.235. The van der Waals surface area contributed by atoms with Crippen LogP contribution in [0.5, 0.6) is 23.0 Å². The van der Waals surface area contributed by atoms with E-state index in [0.717, 1.165) is 12.1 Å². The molecule has 0 saturated heterocycles. The van der Waals surface area contributed by atoms with Gasteiger partial charge >= 0.3 is 23.9 Å². The number of rotatable bonds is 16. The van der Waals surface area contributed by atoms with E-state index in [1.54, 1.807) is 13.8 Å². The maximum Gasteiger partial charge on any atom is 0.343 e. The van der Waals surface area contributed by atoms with Crippen molar-refractivity contribution in [1.82, 2.24) is 0 Å². The summed E-state index contributed by atoms with van der Waals surface area (Å²) in [6, 6.07) is 13.4. The molecule has 0 bridgehead atoms. The van der Waals surface area contributed by atoms with Crippen LogP contribution in [0.4, 0.5) is 8.78 Å². The molecule has 242 valence electrons. The number of halogens is 2. The highest BCUT2D eigenvalue weighted by molar-refractivity contribution is 5.92. The number of carbonyl (C=O) groups is 4. The van der Waals surface area contributed by atoms with E-state index in [1.807, 2.05) is 0 Å². The topological polar surface area (TPSA) is 124 Å². The molecule has 0 fully saturated rings. The number of hydrogen-bond donors (Lipinski definition) is 0. The molecule has 0 saturated carbocycles. The number of ether oxygens (including phenoxy) is 6. The minimum atomic E-state index is -1.52. The number of benzene rings is 3. The van der Waals surface area contributed by atoms with Crippen LogP contribution in [0.1, 0.15) is 47.4 Å². The summed E-state index contributed by atoms with van der Waals surface area (Å²) < 4.78 is 60.4. The van der Waals surface area contributed by atoms with Gasteiger partial charge in [0.05, 0.1) is 37.6 Å². The second-order valence-corrected chi connectivity index (χ2v) is 9.75. The molecule has 0 aliphatic heterocycles. The minimum Gasteiger partial charge on any atom is -0.493 e. The zero-order chi connectivity index (χ0) is 33.6. The van der Waals surface area contributed by atoms with Crippen molar-refractivity contribution in [2.45, 2.75) is 26.7 Å². The standard InChI is InChI=1S/C34H32F2O10/c1-21(2)31(37)43-19-5-17-41-25-11-7-23(8-12-25)33(39)45-27-15-16-28(30(36)29(27)35)46-34(40)24-9-13-26(14-10-24)42-18-6-20-44-32(38)22(3)4/h7-16H,1,3,5-6,17-20H2,2,4H3. The number of esters is 4. The van der Waals surface area contributed by atoms with E-state index in [1.165, 1.54) is 48.5 Å². The highest BCUT2D eigenvalue weighted by Crippen LogP contribution is 2.29. The Hall–Kier alpha value is -5.52. The molecule has 46 heavy (non-hydrogen) atoms. The maximum absolute atomic E-state index is 14.7. The summed E-state index contributed by atoms with van der Waals surface area (Å²) in [5, 5.41) is 0. The Morgan fingerprint density at radius 2 is 0.913 bits per heavy atom. The van der Waals surface area contributed by atoms with E-state index in [0.29, 0.717) is 35.5 Å². The summed E-state index contributed by atoms with van der Waals surface area (Å²) in [5.41, 5.74) is 0.671. The Morgan fingerprint density at radius 3 is 1.24 bits per heavy atom. The van der Waals surface area contributed by atoms with E-state index >= 15 is 0 Å². The van der Waals surface area contributed by atoms with E-state index in [4.69, 9.17) is 28.4 Å². The lowest BCUT2D eigenvalue weighted by molar-refractivity contribution is -0.140.